The Morgan fingerprint density at radius 2 is 2.04 bits per heavy atom. The smallest absolute Gasteiger partial charge is 0.123 e. The maximum Gasteiger partial charge on any atom is 0.123 e. The Bertz CT molecular complexity index is 708. The molecule has 0 saturated carbocycles. The van der Waals surface area contributed by atoms with Gasteiger partial charge in [0.25, 0.3) is 0 Å². The van der Waals surface area contributed by atoms with Crippen molar-refractivity contribution in [3.05, 3.63) is 59.4 Å². The molecule has 4 nitrogen and oxygen atoms in total. The van der Waals surface area contributed by atoms with Crippen molar-refractivity contribution >= 4 is 0 Å². The molecular formula is C20H25FN2O2. The number of piperidine rings is 1. The quantitative estimate of drug-likeness (QED) is 0.843. The number of nitrogens with one attached hydrogen (secondary N) is 2. The van der Waals surface area contributed by atoms with Gasteiger partial charge in [0.05, 0.1) is 14.2 Å². The van der Waals surface area contributed by atoms with Crippen LogP contribution >= 0.6 is 0 Å². The van der Waals surface area contributed by atoms with E-state index in [2.05, 4.69) is 22.8 Å². The van der Waals surface area contributed by atoms with E-state index in [1.54, 1.807) is 20.3 Å². The van der Waals surface area contributed by atoms with Crippen molar-refractivity contribution < 1.29 is 13.9 Å². The van der Waals surface area contributed by atoms with Crippen LogP contribution in [0, 0.1) is 5.82 Å². The summed E-state index contributed by atoms with van der Waals surface area (Å²) in [5.41, 5.74) is 2.03. The monoisotopic (exact) mass is 344 g/mol. The molecule has 134 valence electrons. The second-order valence-electron chi connectivity index (χ2n) is 6.29. The average molecular weight is 344 g/mol. The number of rotatable bonds is 6. The highest BCUT2D eigenvalue weighted by atomic mass is 19.1. The van der Waals surface area contributed by atoms with Crippen LogP contribution in [-0.2, 0) is 6.54 Å². The molecule has 1 aliphatic heterocycles. The van der Waals surface area contributed by atoms with Gasteiger partial charge >= 0.3 is 0 Å². The van der Waals surface area contributed by atoms with E-state index >= 15 is 0 Å². The minimum atomic E-state index is -0.247. The third-order valence-electron chi connectivity index (χ3n) is 4.71. The summed E-state index contributed by atoms with van der Waals surface area (Å²) in [5.74, 6) is 1.31. The molecule has 5 heteroatoms. The summed E-state index contributed by atoms with van der Waals surface area (Å²) in [7, 11) is 3.29. The minimum Gasteiger partial charge on any atom is -0.497 e. The van der Waals surface area contributed by atoms with E-state index in [4.69, 9.17) is 9.47 Å². The van der Waals surface area contributed by atoms with Gasteiger partial charge < -0.3 is 20.1 Å². The SMILES string of the molecule is COc1cccc(C2NCCCC2NCc2cc(F)ccc2OC)c1. The van der Waals surface area contributed by atoms with E-state index in [0.29, 0.717) is 12.3 Å². The molecule has 0 spiro atoms. The van der Waals surface area contributed by atoms with Crippen molar-refractivity contribution in [3.8, 4) is 11.5 Å². The first-order valence-corrected chi connectivity index (χ1v) is 8.64. The van der Waals surface area contributed by atoms with Crippen molar-refractivity contribution in [1.82, 2.24) is 10.6 Å². The fraction of sp³-hybridized carbons (Fsp3) is 0.400. The lowest BCUT2D eigenvalue weighted by Gasteiger charge is -2.34. The van der Waals surface area contributed by atoms with Crippen LogP contribution in [0.15, 0.2) is 42.5 Å². The molecule has 1 fully saturated rings. The van der Waals surface area contributed by atoms with E-state index in [1.165, 1.54) is 17.7 Å². The molecule has 2 atom stereocenters. The molecule has 3 rings (SSSR count). The van der Waals surface area contributed by atoms with Crippen LogP contribution in [0.3, 0.4) is 0 Å². The third-order valence-corrected chi connectivity index (χ3v) is 4.71. The van der Waals surface area contributed by atoms with Crippen molar-refractivity contribution in [2.24, 2.45) is 0 Å². The van der Waals surface area contributed by atoms with E-state index in [0.717, 1.165) is 30.7 Å². The van der Waals surface area contributed by atoms with Gasteiger partial charge in [0.15, 0.2) is 0 Å². The molecule has 2 N–H and O–H groups in total. The predicted molar refractivity (Wildman–Crippen MR) is 96.6 cm³/mol. The normalized spacial score (nSPS) is 20.3. The van der Waals surface area contributed by atoms with Crippen LogP contribution in [0.1, 0.15) is 30.0 Å². The highest BCUT2D eigenvalue weighted by Gasteiger charge is 2.26. The Morgan fingerprint density at radius 1 is 1.16 bits per heavy atom. The maximum absolute atomic E-state index is 13.6. The first-order chi connectivity index (χ1) is 12.2. The van der Waals surface area contributed by atoms with Crippen LogP contribution in [0.5, 0.6) is 11.5 Å². The van der Waals surface area contributed by atoms with Crippen LogP contribution in [0.4, 0.5) is 4.39 Å². The van der Waals surface area contributed by atoms with Crippen LogP contribution in [0.2, 0.25) is 0 Å². The molecular weight excluding hydrogens is 319 g/mol. The zero-order chi connectivity index (χ0) is 17.6. The Morgan fingerprint density at radius 3 is 2.84 bits per heavy atom. The van der Waals surface area contributed by atoms with Gasteiger partial charge in [-0.3, -0.25) is 0 Å². The van der Waals surface area contributed by atoms with Gasteiger partial charge in [-0.1, -0.05) is 12.1 Å². The van der Waals surface area contributed by atoms with E-state index in [1.807, 2.05) is 12.1 Å². The highest BCUT2D eigenvalue weighted by molar-refractivity contribution is 5.34. The van der Waals surface area contributed by atoms with Crippen molar-refractivity contribution in [2.75, 3.05) is 20.8 Å². The summed E-state index contributed by atoms with van der Waals surface area (Å²) >= 11 is 0. The summed E-state index contributed by atoms with van der Waals surface area (Å²) in [5, 5.41) is 7.17. The second kappa shape index (κ2) is 8.32. The Hall–Kier alpha value is -2.11. The summed E-state index contributed by atoms with van der Waals surface area (Å²) in [6.45, 7) is 1.55. The second-order valence-corrected chi connectivity index (χ2v) is 6.29. The lowest BCUT2D eigenvalue weighted by molar-refractivity contribution is 0.301. The number of halogens is 1. The van der Waals surface area contributed by atoms with Gasteiger partial charge in [-0.05, 0) is 55.3 Å². The third kappa shape index (κ3) is 4.30. The van der Waals surface area contributed by atoms with Gasteiger partial charge in [0.2, 0.25) is 0 Å². The van der Waals surface area contributed by atoms with E-state index in [9.17, 15) is 4.39 Å². The fourth-order valence-electron chi connectivity index (χ4n) is 3.42. The Kier molecular flexibility index (Phi) is 5.89. The van der Waals surface area contributed by atoms with Gasteiger partial charge in [0, 0.05) is 24.2 Å². The number of methoxy groups -OCH3 is 2. The molecule has 2 aromatic carbocycles. The minimum absolute atomic E-state index is 0.198. The summed E-state index contributed by atoms with van der Waals surface area (Å²) in [6.07, 6.45) is 2.17. The highest BCUT2D eigenvalue weighted by Crippen LogP contribution is 2.27. The summed E-state index contributed by atoms with van der Waals surface area (Å²) in [6, 6.07) is 13.2. The summed E-state index contributed by atoms with van der Waals surface area (Å²) in [4.78, 5) is 0. The number of ether oxygens (including phenoxy) is 2. The Balaban J connectivity index is 1.74. The molecule has 0 radical (unpaired) electrons. The van der Waals surface area contributed by atoms with Gasteiger partial charge in [0.1, 0.15) is 17.3 Å². The largest absolute Gasteiger partial charge is 0.497 e. The molecule has 1 heterocycles. The van der Waals surface area contributed by atoms with E-state index in [-0.39, 0.29) is 17.9 Å². The van der Waals surface area contributed by atoms with Crippen LogP contribution in [0.25, 0.3) is 0 Å². The van der Waals surface area contributed by atoms with Gasteiger partial charge in [-0.25, -0.2) is 4.39 Å². The fourth-order valence-corrected chi connectivity index (χ4v) is 3.42. The van der Waals surface area contributed by atoms with E-state index < -0.39 is 0 Å². The first-order valence-electron chi connectivity index (χ1n) is 8.64. The number of benzene rings is 2. The topological polar surface area (TPSA) is 42.5 Å². The van der Waals surface area contributed by atoms with Crippen molar-refractivity contribution in [2.45, 2.75) is 31.5 Å². The maximum atomic E-state index is 13.6. The molecule has 25 heavy (non-hydrogen) atoms. The standard InChI is InChI=1S/C20H25FN2O2/c1-24-17-6-3-5-14(12-17)20-18(7-4-10-22-20)23-13-15-11-16(21)8-9-19(15)25-2/h3,5-6,8-9,11-12,18,20,22-23H,4,7,10,13H2,1-2H3. The van der Waals surface area contributed by atoms with Gasteiger partial charge in [-0.2, -0.15) is 0 Å². The van der Waals surface area contributed by atoms with Crippen LogP contribution in [-0.4, -0.2) is 26.8 Å². The predicted octanol–water partition coefficient (Wildman–Crippen LogP) is 3.43. The van der Waals surface area contributed by atoms with Crippen molar-refractivity contribution in [1.29, 1.82) is 0 Å². The number of hydrogen-bond donors (Lipinski definition) is 2. The van der Waals surface area contributed by atoms with Gasteiger partial charge in [-0.15, -0.1) is 0 Å². The zero-order valence-corrected chi connectivity index (χ0v) is 14.7. The lowest BCUT2D eigenvalue weighted by atomic mass is 9.92. The number of hydrogen-bond acceptors (Lipinski definition) is 4. The first kappa shape index (κ1) is 17.7. The summed E-state index contributed by atoms with van der Waals surface area (Å²) < 4.78 is 24.3. The Labute approximate surface area is 148 Å². The molecule has 1 aliphatic rings. The molecule has 1 saturated heterocycles. The van der Waals surface area contributed by atoms with Crippen molar-refractivity contribution in [3.63, 3.8) is 0 Å². The van der Waals surface area contributed by atoms with Crippen LogP contribution < -0.4 is 20.1 Å². The molecule has 2 unspecified atom stereocenters. The molecule has 2 aromatic rings. The molecule has 0 bridgehead atoms. The molecule has 0 aliphatic carbocycles. The lowest BCUT2D eigenvalue weighted by Crippen LogP contribution is -2.45. The average Bonchev–Trinajstić information content (AvgIpc) is 2.66. The molecule has 0 amide bonds. The zero-order valence-electron chi connectivity index (χ0n) is 14.7. The molecule has 0 aromatic heterocycles.